The Bertz CT molecular complexity index is 225. The predicted molar refractivity (Wildman–Crippen MR) is 80.1 cm³/mol. The molecule has 0 aromatic carbocycles. The largest absolute Gasteiger partial charge is 0.348 e. The third kappa shape index (κ3) is 9.32. The van der Waals surface area contributed by atoms with E-state index in [-0.39, 0.29) is 5.97 Å². The quantitative estimate of drug-likeness (QED) is 0.451. The minimum atomic E-state index is -0.298. The molecular formula is C16H29ClO2. The summed E-state index contributed by atoms with van der Waals surface area (Å²) in [6.45, 7) is 0. The summed E-state index contributed by atoms with van der Waals surface area (Å²) in [5.41, 5.74) is 0. The van der Waals surface area contributed by atoms with Crippen molar-refractivity contribution in [2.75, 3.05) is 0 Å². The summed E-state index contributed by atoms with van der Waals surface area (Å²) >= 11 is 4.96. The molecule has 19 heavy (non-hydrogen) atoms. The molecule has 0 aliphatic heterocycles. The Labute approximate surface area is 123 Å². The third-order valence-corrected chi connectivity index (χ3v) is 4.48. The van der Waals surface area contributed by atoms with Gasteiger partial charge in [-0.3, -0.25) is 4.79 Å². The summed E-state index contributed by atoms with van der Waals surface area (Å²) in [5, 5.41) is 0. The first-order valence-corrected chi connectivity index (χ1v) is 8.45. The van der Waals surface area contributed by atoms with Crippen molar-refractivity contribution in [2.45, 2.75) is 89.9 Å². The number of hydrogen-bond acceptors (Lipinski definition) is 2. The molecule has 1 saturated carbocycles. The molecule has 2 nitrogen and oxygen atoms in total. The number of hydrogen-bond donors (Lipinski definition) is 0. The number of rotatable bonds is 11. The van der Waals surface area contributed by atoms with Crippen LogP contribution in [0.15, 0.2) is 0 Å². The van der Waals surface area contributed by atoms with Crippen LogP contribution in [-0.2, 0) is 9.08 Å². The van der Waals surface area contributed by atoms with E-state index in [4.69, 9.17) is 11.9 Å². The van der Waals surface area contributed by atoms with Crippen molar-refractivity contribution in [3.05, 3.63) is 0 Å². The Morgan fingerprint density at radius 1 is 0.895 bits per heavy atom. The minimum Gasteiger partial charge on any atom is -0.348 e. The average Bonchev–Trinajstić information content (AvgIpc) is 2.93. The van der Waals surface area contributed by atoms with Crippen LogP contribution in [0.2, 0.25) is 0 Å². The molecule has 1 rings (SSSR count). The second-order valence-electron chi connectivity index (χ2n) is 5.97. The summed E-state index contributed by atoms with van der Waals surface area (Å²) in [6.07, 6.45) is 18.0. The zero-order valence-corrected chi connectivity index (χ0v) is 12.9. The normalized spacial score (nSPS) is 15.8. The summed E-state index contributed by atoms with van der Waals surface area (Å²) in [7, 11) is 0. The van der Waals surface area contributed by atoms with E-state index in [0.29, 0.717) is 6.42 Å². The fraction of sp³-hybridized carbons (Fsp3) is 0.938. The van der Waals surface area contributed by atoms with E-state index < -0.39 is 0 Å². The monoisotopic (exact) mass is 288 g/mol. The highest BCUT2D eigenvalue weighted by Gasteiger charge is 2.13. The van der Waals surface area contributed by atoms with Crippen molar-refractivity contribution in [3.63, 3.8) is 0 Å². The lowest BCUT2D eigenvalue weighted by atomic mass is 9.99. The van der Waals surface area contributed by atoms with Crippen LogP contribution in [0.1, 0.15) is 89.9 Å². The van der Waals surface area contributed by atoms with E-state index >= 15 is 0 Å². The average molecular weight is 289 g/mol. The zero-order chi connectivity index (χ0) is 13.8. The standard InChI is InChI=1S/C16H29ClO2/c17-19-16(18)14-8-6-4-2-1-3-5-7-11-15-12-9-10-13-15/h15H,1-14H2. The van der Waals surface area contributed by atoms with Gasteiger partial charge in [0.2, 0.25) is 0 Å². The summed E-state index contributed by atoms with van der Waals surface area (Å²) in [5.74, 6) is 0.760. The number of carbonyl (C=O) groups excluding carboxylic acids is 1. The van der Waals surface area contributed by atoms with Gasteiger partial charge in [0.25, 0.3) is 0 Å². The van der Waals surface area contributed by atoms with Crippen molar-refractivity contribution in [3.8, 4) is 0 Å². The van der Waals surface area contributed by atoms with E-state index in [1.807, 2.05) is 0 Å². The van der Waals surface area contributed by atoms with Crippen LogP contribution >= 0.6 is 11.9 Å². The molecule has 0 amide bonds. The van der Waals surface area contributed by atoms with Gasteiger partial charge in [0.1, 0.15) is 11.9 Å². The van der Waals surface area contributed by atoms with Gasteiger partial charge in [0, 0.05) is 6.42 Å². The van der Waals surface area contributed by atoms with Crippen LogP contribution in [0.5, 0.6) is 0 Å². The van der Waals surface area contributed by atoms with E-state index in [9.17, 15) is 4.79 Å². The lowest BCUT2D eigenvalue weighted by Gasteiger charge is -2.07. The van der Waals surface area contributed by atoms with Crippen LogP contribution in [0.25, 0.3) is 0 Å². The smallest absolute Gasteiger partial charge is 0.324 e. The topological polar surface area (TPSA) is 26.3 Å². The molecule has 112 valence electrons. The zero-order valence-electron chi connectivity index (χ0n) is 12.2. The molecule has 0 aromatic heterocycles. The highest BCUT2D eigenvalue weighted by molar-refractivity contribution is 6.13. The first kappa shape index (κ1) is 16.8. The van der Waals surface area contributed by atoms with Gasteiger partial charge < -0.3 is 4.29 Å². The van der Waals surface area contributed by atoms with Gasteiger partial charge in [0.15, 0.2) is 0 Å². The SMILES string of the molecule is O=C(CCCCCCCCCCC1CCCC1)OCl. The molecule has 0 N–H and O–H groups in total. The van der Waals surface area contributed by atoms with Gasteiger partial charge >= 0.3 is 5.97 Å². The van der Waals surface area contributed by atoms with Crippen LogP contribution < -0.4 is 0 Å². The molecule has 0 radical (unpaired) electrons. The van der Waals surface area contributed by atoms with Crippen molar-refractivity contribution in [1.82, 2.24) is 0 Å². The van der Waals surface area contributed by atoms with Crippen molar-refractivity contribution in [2.24, 2.45) is 5.92 Å². The molecular weight excluding hydrogens is 260 g/mol. The molecule has 0 aromatic rings. The van der Waals surface area contributed by atoms with Crippen molar-refractivity contribution < 1.29 is 9.08 Å². The van der Waals surface area contributed by atoms with Gasteiger partial charge in [-0.25, -0.2) is 0 Å². The van der Waals surface area contributed by atoms with E-state index in [0.717, 1.165) is 18.8 Å². The highest BCUT2D eigenvalue weighted by Crippen LogP contribution is 2.29. The molecule has 1 fully saturated rings. The minimum absolute atomic E-state index is 0.298. The number of unbranched alkanes of at least 4 members (excludes halogenated alkanes) is 7. The molecule has 0 atom stereocenters. The molecule has 0 unspecified atom stereocenters. The molecule has 0 saturated heterocycles. The Balaban J connectivity index is 1.72. The van der Waals surface area contributed by atoms with E-state index in [1.165, 1.54) is 70.6 Å². The maximum atomic E-state index is 10.8. The lowest BCUT2D eigenvalue weighted by molar-refractivity contribution is -0.134. The van der Waals surface area contributed by atoms with Gasteiger partial charge in [-0.05, 0) is 12.3 Å². The maximum absolute atomic E-state index is 10.8. The van der Waals surface area contributed by atoms with Crippen LogP contribution in [0.4, 0.5) is 0 Å². The van der Waals surface area contributed by atoms with Crippen molar-refractivity contribution >= 4 is 17.8 Å². The second kappa shape index (κ2) is 11.6. The fourth-order valence-electron chi connectivity index (χ4n) is 3.10. The highest BCUT2D eigenvalue weighted by atomic mass is 35.5. The van der Waals surface area contributed by atoms with Gasteiger partial charge in [-0.1, -0.05) is 77.0 Å². The third-order valence-electron chi connectivity index (χ3n) is 4.30. The Morgan fingerprint density at radius 3 is 2.00 bits per heavy atom. The first-order valence-electron chi connectivity index (χ1n) is 8.14. The van der Waals surface area contributed by atoms with Crippen LogP contribution in [0, 0.1) is 5.92 Å². The molecule has 0 spiro atoms. The summed E-state index contributed by atoms with van der Waals surface area (Å²) in [4.78, 5) is 10.8. The first-order chi connectivity index (χ1) is 9.33. The summed E-state index contributed by atoms with van der Waals surface area (Å²) < 4.78 is 4.10. The predicted octanol–water partition coefficient (Wildman–Crippen LogP) is 5.77. The molecule has 0 bridgehead atoms. The lowest BCUT2D eigenvalue weighted by Crippen LogP contribution is -1.95. The van der Waals surface area contributed by atoms with Gasteiger partial charge in [0.05, 0.1) is 0 Å². The Kier molecular flexibility index (Phi) is 10.2. The maximum Gasteiger partial charge on any atom is 0.324 e. The van der Waals surface area contributed by atoms with E-state index in [2.05, 4.69) is 4.29 Å². The Hall–Kier alpha value is -0.240. The van der Waals surface area contributed by atoms with Gasteiger partial charge in [-0.2, -0.15) is 0 Å². The van der Waals surface area contributed by atoms with Crippen LogP contribution in [-0.4, -0.2) is 5.97 Å². The summed E-state index contributed by atoms with van der Waals surface area (Å²) in [6, 6.07) is 0. The fourth-order valence-corrected chi connectivity index (χ4v) is 3.18. The molecule has 1 aliphatic carbocycles. The van der Waals surface area contributed by atoms with E-state index in [1.54, 1.807) is 0 Å². The van der Waals surface area contributed by atoms with Gasteiger partial charge in [-0.15, -0.1) is 0 Å². The Morgan fingerprint density at radius 2 is 1.42 bits per heavy atom. The van der Waals surface area contributed by atoms with Crippen LogP contribution in [0.3, 0.4) is 0 Å². The molecule has 1 aliphatic rings. The molecule has 3 heteroatoms. The second-order valence-corrected chi connectivity index (χ2v) is 6.12. The van der Waals surface area contributed by atoms with Crippen molar-refractivity contribution in [1.29, 1.82) is 0 Å². The molecule has 0 heterocycles. The number of halogens is 1. The number of carbonyl (C=O) groups is 1.